The van der Waals surface area contributed by atoms with Gasteiger partial charge in [0, 0.05) is 18.6 Å². The molecule has 3 rings (SSSR count). The van der Waals surface area contributed by atoms with Crippen molar-refractivity contribution in [1.29, 1.82) is 0 Å². The molecule has 1 saturated heterocycles. The number of thioether (sulfide) groups is 2. The van der Waals surface area contributed by atoms with Crippen LogP contribution in [-0.4, -0.2) is 76.2 Å². The molecule has 0 radical (unpaired) electrons. The monoisotopic (exact) mass is 454 g/mol. The van der Waals surface area contributed by atoms with Gasteiger partial charge in [0.1, 0.15) is 17.1 Å². The predicted octanol–water partition coefficient (Wildman–Crippen LogP) is 0.794. The van der Waals surface area contributed by atoms with Gasteiger partial charge in [0.15, 0.2) is 0 Å². The molecule has 2 N–H and O–H groups in total. The van der Waals surface area contributed by atoms with Crippen LogP contribution in [0.2, 0.25) is 0 Å². The molecule has 0 spiro atoms. The highest BCUT2D eigenvalue weighted by Crippen LogP contribution is 2.41. The number of aromatic nitrogens is 4. The number of carboxylic acids is 1. The van der Waals surface area contributed by atoms with Crippen molar-refractivity contribution in [2.75, 3.05) is 11.5 Å². The lowest BCUT2D eigenvalue weighted by Crippen LogP contribution is -2.70. The Hall–Kier alpha value is -1.87. The second kappa shape index (κ2) is 7.87. The highest BCUT2D eigenvalue weighted by Gasteiger charge is 2.54. The van der Waals surface area contributed by atoms with Gasteiger partial charge in [-0.1, -0.05) is 24.0 Å². The Kier molecular flexibility index (Phi) is 5.86. The van der Waals surface area contributed by atoms with Crippen molar-refractivity contribution in [3.05, 3.63) is 11.3 Å². The number of carbonyl (C=O) groups is 2. The van der Waals surface area contributed by atoms with E-state index in [1.54, 1.807) is 7.05 Å². The molecule has 2 aliphatic heterocycles. The Morgan fingerprint density at radius 2 is 2.21 bits per heavy atom. The van der Waals surface area contributed by atoms with E-state index in [0.29, 0.717) is 16.5 Å². The van der Waals surface area contributed by atoms with Gasteiger partial charge in [-0.15, -0.1) is 16.9 Å². The lowest BCUT2D eigenvalue weighted by molar-refractivity contribution is -0.148. The number of amides is 1. The minimum atomic E-state index is -4.48. The predicted molar refractivity (Wildman–Crippen MR) is 97.5 cm³/mol. The lowest BCUT2D eigenvalue weighted by atomic mass is 10.0. The van der Waals surface area contributed by atoms with Gasteiger partial charge in [-0.05, 0) is 16.0 Å². The Balaban J connectivity index is 1.72. The number of halogens is 3. The molecule has 0 aromatic carbocycles. The average molecular weight is 454 g/mol. The van der Waals surface area contributed by atoms with Crippen molar-refractivity contribution >= 4 is 52.6 Å². The largest absolute Gasteiger partial charge is 0.477 e. The van der Waals surface area contributed by atoms with Crippen molar-refractivity contribution in [3.63, 3.8) is 0 Å². The van der Waals surface area contributed by atoms with Gasteiger partial charge in [-0.25, -0.2) is 9.48 Å². The summed E-state index contributed by atoms with van der Waals surface area (Å²) >= 11 is 7.15. The molecule has 0 aliphatic carbocycles. The van der Waals surface area contributed by atoms with Gasteiger partial charge in [-0.3, -0.25) is 9.69 Å². The minimum Gasteiger partial charge on any atom is -0.477 e. The molecule has 152 valence electrons. The number of alkyl halides is 3. The van der Waals surface area contributed by atoms with Crippen LogP contribution in [0.1, 0.15) is 6.42 Å². The third-order valence-electron chi connectivity index (χ3n) is 3.88. The van der Waals surface area contributed by atoms with E-state index < -0.39 is 40.9 Å². The first-order valence-corrected chi connectivity index (χ1v) is 10.1. The van der Waals surface area contributed by atoms with Gasteiger partial charge in [0.2, 0.25) is 5.16 Å². The van der Waals surface area contributed by atoms with Crippen molar-refractivity contribution in [3.8, 4) is 0 Å². The van der Waals surface area contributed by atoms with Crippen LogP contribution in [-0.2, 0) is 16.6 Å². The van der Waals surface area contributed by atoms with Crippen LogP contribution in [0.5, 0.6) is 0 Å². The standard InChI is InChI=1S/C13H13F3N6O3S3/c1-21-12(18-19-20-21)28-4-5-3-27-10-7(17-6(26)2-13(14,15)16)9(23)22(10)8(5)11(24)25/h7,10H,2-4H2,1H3,(H,17,26)(H,24,25)/t7?,10-/m1/s1. The number of nitrogens with zero attached hydrogens (tertiary/aromatic N) is 5. The highest BCUT2D eigenvalue weighted by molar-refractivity contribution is 8.01. The summed E-state index contributed by atoms with van der Waals surface area (Å²) in [5.74, 6) is -1.34. The van der Waals surface area contributed by atoms with Crippen molar-refractivity contribution in [1.82, 2.24) is 30.4 Å². The molecule has 2 aliphatic rings. The van der Waals surface area contributed by atoms with E-state index in [0.717, 1.165) is 4.90 Å². The van der Waals surface area contributed by atoms with Crippen molar-refractivity contribution < 1.29 is 27.9 Å². The Labute approximate surface area is 170 Å². The van der Waals surface area contributed by atoms with E-state index in [1.165, 1.54) is 28.2 Å². The lowest BCUT2D eigenvalue weighted by Gasteiger charge is -2.49. The third-order valence-corrected chi connectivity index (χ3v) is 6.58. The van der Waals surface area contributed by atoms with E-state index in [9.17, 15) is 27.9 Å². The number of hydrogen-bond donors (Lipinski definition) is 2. The molecular weight excluding hydrogens is 441 g/mol. The number of tetrazole rings is 1. The van der Waals surface area contributed by atoms with Crippen LogP contribution in [0.4, 0.5) is 13.2 Å². The van der Waals surface area contributed by atoms with E-state index in [2.05, 4.69) is 33.1 Å². The molecule has 1 fully saturated rings. The zero-order chi connectivity index (χ0) is 20.6. The van der Waals surface area contributed by atoms with Crippen LogP contribution in [0, 0.1) is 0 Å². The van der Waals surface area contributed by atoms with Crippen LogP contribution >= 0.6 is 35.7 Å². The summed E-state index contributed by atoms with van der Waals surface area (Å²) in [4.78, 5) is 24.7. The maximum atomic E-state index is 12.4. The highest BCUT2D eigenvalue weighted by atomic mass is 32.2. The maximum Gasteiger partial charge on any atom is 0.395 e. The van der Waals surface area contributed by atoms with Gasteiger partial charge < -0.3 is 10.4 Å². The van der Waals surface area contributed by atoms with Crippen LogP contribution < -0.4 is 5.32 Å². The molecule has 1 unspecified atom stereocenters. The topological polar surface area (TPSA) is 113 Å². The fraction of sp³-hybridized carbons (Fsp3) is 0.538. The first-order valence-electron chi connectivity index (χ1n) is 7.69. The summed E-state index contributed by atoms with van der Waals surface area (Å²) in [6.07, 6.45) is -5.82. The molecular formula is C13H13F3N6O3S3. The molecule has 1 aromatic rings. The molecule has 3 heterocycles. The quantitative estimate of drug-likeness (QED) is 0.363. The molecule has 0 saturated carbocycles. The zero-order valence-corrected chi connectivity index (χ0v) is 16.6. The smallest absolute Gasteiger partial charge is 0.395 e. The van der Waals surface area contributed by atoms with Crippen molar-refractivity contribution in [2.24, 2.45) is 7.05 Å². The molecule has 1 aromatic heterocycles. The van der Waals surface area contributed by atoms with Gasteiger partial charge in [-0.2, -0.15) is 13.2 Å². The number of thiocarbonyl (C=S) groups is 1. The van der Waals surface area contributed by atoms with Gasteiger partial charge in [0.25, 0.3) is 5.91 Å². The number of β-lactam (4-membered cyclic amide) rings is 1. The number of carbonyl (C=O) groups excluding carboxylic acids is 1. The first kappa shape index (κ1) is 20.9. The third kappa shape index (κ3) is 4.25. The summed E-state index contributed by atoms with van der Waals surface area (Å²) in [5, 5.41) is 22.8. The number of rotatable bonds is 6. The Bertz CT molecular complexity index is 858. The second-order valence-electron chi connectivity index (χ2n) is 5.88. The molecule has 2 atom stereocenters. The second-order valence-corrected chi connectivity index (χ2v) is 8.42. The fourth-order valence-electron chi connectivity index (χ4n) is 2.70. The summed E-state index contributed by atoms with van der Waals surface area (Å²) in [7, 11) is 1.64. The van der Waals surface area contributed by atoms with Crippen LogP contribution in [0.25, 0.3) is 0 Å². The molecule has 1 amide bonds. The van der Waals surface area contributed by atoms with E-state index in [-0.39, 0.29) is 11.4 Å². The molecule has 28 heavy (non-hydrogen) atoms. The summed E-state index contributed by atoms with van der Waals surface area (Å²) in [5.41, 5.74) is 0.350. The van der Waals surface area contributed by atoms with Crippen molar-refractivity contribution in [2.45, 2.75) is 29.2 Å². The summed E-state index contributed by atoms with van der Waals surface area (Å²) in [6.45, 7) is 0. The number of carboxylic acid groups (broad SMARTS) is 1. The maximum absolute atomic E-state index is 12.4. The first-order chi connectivity index (χ1) is 13.1. The molecule has 9 nitrogen and oxygen atoms in total. The number of fused-ring (bicyclic) bond motifs is 1. The fourth-order valence-corrected chi connectivity index (χ4v) is 5.32. The Morgan fingerprint density at radius 1 is 1.50 bits per heavy atom. The van der Waals surface area contributed by atoms with Crippen LogP contribution in [0.3, 0.4) is 0 Å². The minimum absolute atomic E-state index is 0.156. The SMILES string of the molecule is Cn1nnnc1SCC1=C(C(=O)O)N2C(=O)C(NC(=S)CC(F)(F)F)[C@H]2SC1. The Morgan fingerprint density at radius 3 is 2.79 bits per heavy atom. The van der Waals surface area contributed by atoms with Crippen LogP contribution in [0.15, 0.2) is 16.4 Å². The number of hydrogen-bond acceptors (Lipinski definition) is 8. The van der Waals surface area contributed by atoms with E-state index >= 15 is 0 Å². The number of nitrogens with one attached hydrogen (secondary N) is 1. The molecule has 15 heteroatoms. The average Bonchev–Trinajstić information content (AvgIpc) is 3.00. The molecule has 0 bridgehead atoms. The number of aliphatic carboxylic acids is 1. The number of aryl methyl sites for hydroxylation is 1. The van der Waals surface area contributed by atoms with Gasteiger partial charge in [0.05, 0.1) is 11.4 Å². The van der Waals surface area contributed by atoms with E-state index in [1.807, 2.05) is 0 Å². The normalized spacial score (nSPS) is 22.0. The summed E-state index contributed by atoms with van der Waals surface area (Å²) in [6, 6.07) is -0.980. The zero-order valence-electron chi connectivity index (χ0n) is 14.1. The van der Waals surface area contributed by atoms with Gasteiger partial charge >= 0.3 is 12.1 Å². The summed E-state index contributed by atoms with van der Waals surface area (Å²) < 4.78 is 38.7. The van der Waals surface area contributed by atoms with E-state index in [4.69, 9.17) is 0 Å².